The van der Waals surface area contributed by atoms with Gasteiger partial charge in [0, 0.05) is 17.0 Å². The molecule has 7 heteroatoms. The van der Waals surface area contributed by atoms with Gasteiger partial charge in [-0.05, 0) is 23.8 Å². The van der Waals surface area contributed by atoms with Crippen LogP contribution in [0.5, 0.6) is 17.4 Å². The molecule has 25 heavy (non-hydrogen) atoms. The summed E-state index contributed by atoms with van der Waals surface area (Å²) in [6.07, 6.45) is 0.371. The van der Waals surface area contributed by atoms with Crippen LogP contribution in [0.1, 0.15) is 17.2 Å². The van der Waals surface area contributed by atoms with Crippen LogP contribution in [0.2, 0.25) is 0 Å². The van der Waals surface area contributed by atoms with Crippen molar-refractivity contribution in [2.24, 2.45) is 4.99 Å². The molecule has 0 aliphatic heterocycles. The summed E-state index contributed by atoms with van der Waals surface area (Å²) < 4.78 is 0. The number of aromatic amines is 1. The van der Waals surface area contributed by atoms with Crippen molar-refractivity contribution < 1.29 is 20.4 Å². The summed E-state index contributed by atoms with van der Waals surface area (Å²) in [5.74, 6) is -0.905. The number of hydrogen-bond donors (Lipinski definition) is 5. The Morgan fingerprint density at radius 2 is 1.76 bits per heavy atom. The number of phenolic OH excluding ortho intramolecular Hbond substituents is 2. The zero-order chi connectivity index (χ0) is 18.0. The van der Waals surface area contributed by atoms with Gasteiger partial charge in [0.25, 0.3) is 5.56 Å². The zero-order valence-corrected chi connectivity index (χ0v) is 13.0. The maximum atomic E-state index is 11.8. The second kappa shape index (κ2) is 6.66. The summed E-state index contributed by atoms with van der Waals surface area (Å²) >= 11 is 0. The minimum absolute atomic E-state index is 0.0306. The second-order valence-electron chi connectivity index (χ2n) is 5.52. The van der Waals surface area contributed by atoms with Gasteiger partial charge in [-0.2, -0.15) is 0 Å². The Kier molecular flexibility index (Phi) is 4.40. The predicted octanol–water partition coefficient (Wildman–Crippen LogP) is 1.80. The monoisotopic (exact) mass is 340 g/mol. The number of pyridine rings is 1. The molecule has 3 rings (SSSR count). The lowest BCUT2D eigenvalue weighted by atomic mass is 10.1. The Hall–Kier alpha value is -3.32. The molecule has 3 aromatic rings. The summed E-state index contributed by atoms with van der Waals surface area (Å²) in [6.45, 7) is -0.0306. The van der Waals surface area contributed by atoms with Gasteiger partial charge in [-0.3, -0.25) is 14.8 Å². The first-order valence-electron chi connectivity index (χ1n) is 7.51. The van der Waals surface area contributed by atoms with Crippen LogP contribution in [-0.4, -0.2) is 38.2 Å². The topological polar surface area (TPSA) is 126 Å². The van der Waals surface area contributed by atoms with E-state index in [9.17, 15) is 25.2 Å². The minimum atomic E-state index is -1.00. The average molecular weight is 340 g/mol. The van der Waals surface area contributed by atoms with Gasteiger partial charge in [-0.25, -0.2) is 0 Å². The van der Waals surface area contributed by atoms with Crippen LogP contribution < -0.4 is 5.56 Å². The van der Waals surface area contributed by atoms with E-state index in [1.807, 2.05) is 0 Å². The smallest absolute Gasteiger partial charge is 0.258 e. The molecule has 0 amide bonds. The summed E-state index contributed by atoms with van der Waals surface area (Å²) in [4.78, 5) is 18.3. The highest BCUT2D eigenvalue weighted by Gasteiger charge is 2.11. The molecule has 1 aromatic heterocycles. The SMILES string of the molecule is O=c1[nH]c(O)c(C=NCC(O)c2ccc(O)c(O)c2)c2ccccc12. The molecule has 0 bridgehead atoms. The number of aliphatic hydroxyl groups is 1. The van der Waals surface area contributed by atoms with Crippen molar-refractivity contribution in [3.8, 4) is 17.4 Å². The molecule has 1 heterocycles. The zero-order valence-electron chi connectivity index (χ0n) is 13.0. The van der Waals surface area contributed by atoms with Crippen molar-refractivity contribution in [2.45, 2.75) is 6.10 Å². The molecule has 0 saturated heterocycles. The highest BCUT2D eigenvalue weighted by molar-refractivity contribution is 6.01. The molecule has 7 nitrogen and oxygen atoms in total. The van der Waals surface area contributed by atoms with E-state index in [0.29, 0.717) is 21.9 Å². The maximum Gasteiger partial charge on any atom is 0.258 e. The van der Waals surface area contributed by atoms with E-state index in [4.69, 9.17) is 0 Å². The fraction of sp³-hybridized carbons (Fsp3) is 0.111. The van der Waals surface area contributed by atoms with Gasteiger partial charge in [0.05, 0.1) is 18.2 Å². The average Bonchev–Trinajstić information content (AvgIpc) is 2.60. The molecule has 0 aliphatic carbocycles. The molecule has 0 fully saturated rings. The van der Waals surface area contributed by atoms with E-state index in [2.05, 4.69) is 9.98 Å². The van der Waals surface area contributed by atoms with E-state index in [1.54, 1.807) is 24.3 Å². The summed E-state index contributed by atoms with van der Waals surface area (Å²) in [5, 5.41) is 39.8. The Balaban J connectivity index is 1.86. The largest absolute Gasteiger partial charge is 0.504 e. The van der Waals surface area contributed by atoms with Gasteiger partial charge in [0.2, 0.25) is 5.88 Å². The Morgan fingerprint density at radius 1 is 1.04 bits per heavy atom. The maximum absolute atomic E-state index is 11.8. The first-order chi connectivity index (χ1) is 12.0. The third-order valence-corrected chi connectivity index (χ3v) is 3.83. The number of H-pyrrole nitrogens is 1. The number of fused-ring (bicyclic) bond motifs is 1. The number of aliphatic imine (C=N–C) groups is 1. The molecule has 2 aromatic carbocycles. The van der Waals surface area contributed by atoms with Crippen LogP contribution in [0, 0.1) is 0 Å². The summed E-state index contributed by atoms with van der Waals surface area (Å²) in [7, 11) is 0. The molecule has 0 radical (unpaired) electrons. The lowest BCUT2D eigenvalue weighted by molar-refractivity contribution is 0.187. The Morgan fingerprint density at radius 3 is 2.48 bits per heavy atom. The highest BCUT2D eigenvalue weighted by Crippen LogP contribution is 2.28. The quantitative estimate of drug-likeness (QED) is 0.366. The summed E-state index contributed by atoms with van der Waals surface area (Å²) in [5.41, 5.74) is 0.337. The number of phenols is 2. The molecule has 128 valence electrons. The number of rotatable bonds is 4. The van der Waals surface area contributed by atoms with Crippen molar-refractivity contribution in [1.29, 1.82) is 0 Å². The van der Waals surface area contributed by atoms with Gasteiger partial charge in [-0.1, -0.05) is 24.3 Å². The molecular formula is C18H16N2O5. The highest BCUT2D eigenvalue weighted by atomic mass is 16.3. The Bertz CT molecular complexity index is 1010. The van der Waals surface area contributed by atoms with Crippen molar-refractivity contribution in [3.63, 3.8) is 0 Å². The first kappa shape index (κ1) is 16.5. The fourth-order valence-electron chi connectivity index (χ4n) is 2.51. The minimum Gasteiger partial charge on any atom is -0.504 e. The Labute approximate surface area is 142 Å². The van der Waals surface area contributed by atoms with Crippen LogP contribution in [0.4, 0.5) is 0 Å². The molecule has 0 saturated carbocycles. The molecular weight excluding hydrogens is 324 g/mol. The normalized spacial score (nSPS) is 12.7. The molecule has 0 aliphatic rings. The van der Waals surface area contributed by atoms with Gasteiger partial charge in [-0.15, -0.1) is 0 Å². The van der Waals surface area contributed by atoms with Crippen LogP contribution >= 0.6 is 0 Å². The first-order valence-corrected chi connectivity index (χ1v) is 7.51. The van der Waals surface area contributed by atoms with E-state index < -0.39 is 11.7 Å². The van der Waals surface area contributed by atoms with Gasteiger partial charge >= 0.3 is 0 Å². The number of nitrogens with zero attached hydrogens (tertiary/aromatic N) is 1. The van der Waals surface area contributed by atoms with Gasteiger partial charge in [0.15, 0.2) is 11.5 Å². The third-order valence-electron chi connectivity index (χ3n) is 3.83. The standard InChI is InChI=1S/C18H16N2O5/c21-14-6-5-10(7-15(14)22)16(23)9-19-8-13-11-3-1-2-4-12(11)17(24)20-18(13)25/h1-8,16,21-23H,9H2,(H2,20,24,25). The third kappa shape index (κ3) is 3.31. The van der Waals surface area contributed by atoms with E-state index in [1.165, 1.54) is 24.4 Å². The number of nitrogens with one attached hydrogen (secondary N) is 1. The molecule has 0 spiro atoms. The lowest BCUT2D eigenvalue weighted by Gasteiger charge is -2.09. The fourth-order valence-corrected chi connectivity index (χ4v) is 2.51. The predicted molar refractivity (Wildman–Crippen MR) is 93.4 cm³/mol. The van der Waals surface area contributed by atoms with Crippen molar-refractivity contribution in [2.75, 3.05) is 6.54 Å². The van der Waals surface area contributed by atoms with Crippen molar-refractivity contribution >= 4 is 17.0 Å². The molecule has 5 N–H and O–H groups in total. The summed E-state index contributed by atoms with van der Waals surface area (Å²) in [6, 6.07) is 10.8. The van der Waals surface area contributed by atoms with Gasteiger partial charge in [0.1, 0.15) is 0 Å². The van der Waals surface area contributed by atoms with E-state index >= 15 is 0 Å². The number of aromatic nitrogens is 1. The van der Waals surface area contributed by atoms with Gasteiger partial charge < -0.3 is 20.4 Å². The van der Waals surface area contributed by atoms with Crippen LogP contribution in [0.3, 0.4) is 0 Å². The van der Waals surface area contributed by atoms with Crippen molar-refractivity contribution in [1.82, 2.24) is 4.98 Å². The number of aliphatic hydroxyl groups excluding tert-OH is 1. The van der Waals surface area contributed by atoms with Crippen LogP contribution in [0.25, 0.3) is 10.8 Å². The van der Waals surface area contributed by atoms with Crippen LogP contribution in [-0.2, 0) is 0 Å². The molecule has 1 atom stereocenters. The van der Waals surface area contributed by atoms with E-state index in [0.717, 1.165) is 0 Å². The number of aromatic hydroxyl groups is 3. The van der Waals surface area contributed by atoms with E-state index in [-0.39, 0.29) is 23.9 Å². The number of hydrogen-bond acceptors (Lipinski definition) is 6. The lowest BCUT2D eigenvalue weighted by Crippen LogP contribution is -2.08. The van der Waals surface area contributed by atoms with Crippen LogP contribution in [0.15, 0.2) is 52.3 Å². The van der Waals surface area contributed by atoms with Crippen molar-refractivity contribution in [3.05, 3.63) is 63.9 Å². The molecule has 1 unspecified atom stereocenters. The number of benzene rings is 2. The second-order valence-corrected chi connectivity index (χ2v) is 5.52.